The Morgan fingerprint density at radius 3 is 2.95 bits per heavy atom. The van der Waals surface area contributed by atoms with Crippen molar-refractivity contribution in [1.29, 1.82) is 0 Å². The monoisotopic (exact) mass is 280 g/mol. The van der Waals surface area contributed by atoms with Crippen LogP contribution in [0.1, 0.15) is 35.0 Å². The number of esters is 1. The molecule has 0 aliphatic rings. The molecule has 0 aliphatic heterocycles. The Balaban J connectivity index is 2.07. The van der Waals surface area contributed by atoms with Crippen LogP contribution in [0.15, 0.2) is 11.6 Å². The smallest absolute Gasteiger partial charge is 0.360 e. The summed E-state index contributed by atoms with van der Waals surface area (Å²) in [6, 6.07) is 0. The van der Waals surface area contributed by atoms with E-state index in [4.69, 9.17) is 4.74 Å². The first-order valence-electron chi connectivity index (χ1n) is 6.03. The molecule has 0 unspecified atom stereocenters. The van der Waals surface area contributed by atoms with Gasteiger partial charge < -0.3 is 4.74 Å². The number of rotatable bonds is 5. The molecule has 0 bridgehead atoms. The van der Waals surface area contributed by atoms with Crippen molar-refractivity contribution in [2.24, 2.45) is 5.92 Å². The molecule has 0 aromatic carbocycles. The van der Waals surface area contributed by atoms with Gasteiger partial charge in [0.15, 0.2) is 5.69 Å². The molecular formula is C12H16N4O2S. The number of aromatic nitrogens is 4. The van der Waals surface area contributed by atoms with E-state index >= 15 is 0 Å². The minimum absolute atomic E-state index is 0.275. The Kier molecular flexibility index (Phi) is 4.26. The third-order valence-electron chi connectivity index (χ3n) is 2.49. The zero-order valence-electron chi connectivity index (χ0n) is 11.2. The van der Waals surface area contributed by atoms with Crippen LogP contribution < -0.4 is 0 Å². The summed E-state index contributed by atoms with van der Waals surface area (Å²) in [5.41, 5.74) is 0.973. The second-order valence-electron chi connectivity index (χ2n) is 4.60. The molecule has 0 N–H and O–H groups in total. The summed E-state index contributed by atoms with van der Waals surface area (Å²) in [4.78, 5) is 16.0. The molecule has 2 heterocycles. The van der Waals surface area contributed by atoms with E-state index in [0.717, 1.165) is 5.01 Å². The standard InChI is InChI=1S/C12H16N4O2S/c1-8(2)7-18-12(17)11-9(3)16(15-14-11)6-10-13-4-5-19-10/h4-5,8H,6-7H2,1-3H3. The van der Waals surface area contributed by atoms with Crippen molar-refractivity contribution in [2.45, 2.75) is 27.3 Å². The van der Waals surface area contributed by atoms with Crippen molar-refractivity contribution in [3.05, 3.63) is 28.0 Å². The molecule has 2 rings (SSSR count). The van der Waals surface area contributed by atoms with Gasteiger partial charge in [-0.1, -0.05) is 19.1 Å². The predicted octanol–water partition coefficient (Wildman–Crippen LogP) is 1.90. The predicted molar refractivity (Wildman–Crippen MR) is 71.1 cm³/mol. The lowest BCUT2D eigenvalue weighted by Gasteiger charge is -2.05. The van der Waals surface area contributed by atoms with Crippen LogP contribution in [0.3, 0.4) is 0 Å². The Morgan fingerprint density at radius 2 is 2.32 bits per heavy atom. The molecule has 0 saturated heterocycles. The van der Waals surface area contributed by atoms with Crippen LogP contribution in [0.5, 0.6) is 0 Å². The van der Waals surface area contributed by atoms with Crippen LogP contribution in [0.25, 0.3) is 0 Å². The number of carbonyl (C=O) groups is 1. The summed E-state index contributed by atoms with van der Waals surface area (Å²) in [6.45, 7) is 6.68. The average Bonchev–Trinajstić information content (AvgIpc) is 2.98. The molecule has 7 heteroatoms. The molecule has 0 atom stereocenters. The maximum atomic E-state index is 11.8. The van der Waals surface area contributed by atoms with Gasteiger partial charge in [0.25, 0.3) is 0 Å². The van der Waals surface area contributed by atoms with Crippen LogP contribution in [-0.2, 0) is 11.3 Å². The quantitative estimate of drug-likeness (QED) is 0.782. The minimum Gasteiger partial charge on any atom is -0.461 e. The zero-order chi connectivity index (χ0) is 13.8. The van der Waals surface area contributed by atoms with E-state index in [-0.39, 0.29) is 5.69 Å². The molecule has 0 amide bonds. The van der Waals surface area contributed by atoms with Crippen molar-refractivity contribution in [2.75, 3.05) is 6.61 Å². The van der Waals surface area contributed by atoms with Crippen LogP contribution in [0, 0.1) is 12.8 Å². The Bertz CT molecular complexity index is 548. The number of thiazole rings is 1. The normalized spacial score (nSPS) is 10.9. The fourth-order valence-electron chi connectivity index (χ4n) is 1.47. The van der Waals surface area contributed by atoms with Gasteiger partial charge in [-0.05, 0) is 12.8 Å². The molecule has 102 valence electrons. The van der Waals surface area contributed by atoms with Crippen molar-refractivity contribution >= 4 is 17.3 Å². The van der Waals surface area contributed by atoms with E-state index in [9.17, 15) is 4.79 Å². The summed E-state index contributed by atoms with van der Waals surface area (Å²) < 4.78 is 6.81. The average molecular weight is 280 g/mol. The van der Waals surface area contributed by atoms with E-state index in [0.29, 0.717) is 24.8 Å². The first-order chi connectivity index (χ1) is 9.08. The lowest BCUT2D eigenvalue weighted by atomic mass is 10.2. The molecule has 0 fully saturated rings. The molecule has 2 aromatic rings. The van der Waals surface area contributed by atoms with Gasteiger partial charge in [-0.2, -0.15) is 0 Å². The summed E-state index contributed by atoms with van der Waals surface area (Å²) >= 11 is 1.54. The number of hydrogen-bond acceptors (Lipinski definition) is 6. The topological polar surface area (TPSA) is 69.9 Å². The highest BCUT2D eigenvalue weighted by Gasteiger charge is 2.18. The van der Waals surface area contributed by atoms with Crippen molar-refractivity contribution in [3.8, 4) is 0 Å². The maximum Gasteiger partial charge on any atom is 0.360 e. The number of carbonyl (C=O) groups excluding carboxylic acids is 1. The molecule has 0 radical (unpaired) electrons. The SMILES string of the molecule is Cc1c(C(=O)OCC(C)C)nnn1Cc1nccs1. The van der Waals surface area contributed by atoms with Gasteiger partial charge in [0.2, 0.25) is 0 Å². The van der Waals surface area contributed by atoms with Crippen molar-refractivity contribution in [3.63, 3.8) is 0 Å². The summed E-state index contributed by atoms with van der Waals surface area (Å²) in [6.07, 6.45) is 1.74. The first kappa shape index (κ1) is 13.7. The fraction of sp³-hybridized carbons (Fsp3) is 0.500. The number of ether oxygens (including phenoxy) is 1. The first-order valence-corrected chi connectivity index (χ1v) is 6.91. The lowest BCUT2D eigenvalue weighted by molar-refractivity contribution is 0.0451. The van der Waals surface area contributed by atoms with Crippen molar-refractivity contribution < 1.29 is 9.53 Å². The maximum absolute atomic E-state index is 11.8. The highest BCUT2D eigenvalue weighted by atomic mass is 32.1. The van der Waals surface area contributed by atoms with Gasteiger partial charge in [0.05, 0.1) is 18.8 Å². The second kappa shape index (κ2) is 5.92. The third-order valence-corrected chi connectivity index (χ3v) is 3.26. The van der Waals surface area contributed by atoms with E-state index in [1.54, 1.807) is 29.1 Å². The van der Waals surface area contributed by atoms with Crippen molar-refractivity contribution in [1.82, 2.24) is 20.0 Å². The van der Waals surface area contributed by atoms with E-state index in [1.807, 2.05) is 19.2 Å². The minimum atomic E-state index is -0.420. The fourth-order valence-corrected chi connectivity index (χ4v) is 2.07. The van der Waals surface area contributed by atoms with Gasteiger partial charge in [0.1, 0.15) is 5.01 Å². The van der Waals surface area contributed by atoms with Gasteiger partial charge in [0, 0.05) is 11.6 Å². The largest absolute Gasteiger partial charge is 0.461 e. The summed E-state index contributed by atoms with van der Waals surface area (Å²) in [7, 11) is 0. The molecule has 6 nitrogen and oxygen atoms in total. The number of nitrogens with zero attached hydrogens (tertiary/aromatic N) is 4. The van der Waals surface area contributed by atoms with E-state index in [2.05, 4.69) is 15.3 Å². The second-order valence-corrected chi connectivity index (χ2v) is 5.58. The Labute approximate surface area is 115 Å². The molecule has 0 spiro atoms. The Hall–Kier alpha value is -1.76. The zero-order valence-corrected chi connectivity index (χ0v) is 12.0. The third kappa shape index (κ3) is 3.37. The highest BCUT2D eigenvalue weighted by Crippen LogP contribution is 2.11. The van der Waals surface area contributed by atoms with Gasteiger partial charge in [-0.3, -0.25) is 0 Å². The van der Waals surface area contributed by atoms with Gasteiger partial charge >= 0.3 is 5.97 Å². The molecule has 0 aliphatic carbocycles. The Morgan fingerprint density at radius 1 is 1.53 bits per heavy atom. The van der Waals surface area contributed by atoms with Crippen LogP contribution in [-0.4, -0.2) is 32.6 Å². The highest BCUT2D eigenvalue weighted by molar-refractivity contribution is 7.09. The van der Waals surface area contributed by atoms with Gasteiger partial charge in [-0.15, -0.1) is 16.4 Å². The summed E-state index contributed by atoms with van der Waals surface area (Å²) in [5.74, 6) is -0.119. The lowest BCUT2D eigenvalue weighted by Crippen LogP contribution is -2.12. The number of hydrogen-bond donors (Lipinski definition) is 0. The molecule has 19 heavy (non-hydrogen) atoms. The van der Waals surface area contributed by atoms with E-state index < -0.39 is 5.97 Å². The molecule has 2 aromatic heterocycles. The van der Waals surface area contributed by atoms with Crippen LogP contribution in [0.2, 0.25) is 0 Å². The molecular weight excluding hydrogens is 264 g/mol. The van der Waals surface area contributed by atoms with E-state index in [1.165, 1.54) is 0 Å². The van der Waals surface area contributed by atoms with Gasteiger partial charge in [-0.25, -0.2) is 14.5 Å². The van der Waals surface area contributed by atoms with Crippen LogP contribution in [0.4, 0.5) is 0 Å². The molecule has 0 saturated carbocycles. The van der Waals surface area contributed by atoms with Crippen LogP contribution >= 0.6 is 11.3 Å². The summed E-state index contributed by atoms with van der Waals surface area (Å²) in [5, 5.41) is 10.7.